The zero-order chi connectivity index (χ0) is 13.9. The smallest absolute Gasteiger partial charge is 0.163 e. The van der Waals surface area contributed by atoms with Gasteiger partial charge in [-0.05, 0) is 30.3 Å². The van der Waals surface area contributed by atoms with E-state index in [1.807, 2.05) is 44.4 Å². The number of nitrogens with one attached hydrogen (secondary N) is 1. The van der Waals surface area contributed by atoms with Crippen molar-refractivity contribution < 1.29 is 9.47 Å². The first-order valence-corrected chi connectivity index (χ1v) is 6.66. The first-order chi connectivity index (χ1) is 9.72. The second-order valence-electron chi connectivity index (χ2n) is 4.93. The number of fused-ring (bicyclic) bond motifs is 1. The zero-order valence-corrected chi connectivity index (χ0v) is 11.7. The third-order valence-corrected chi connectivity index (χ3v) is 3.19. The third kappa shape index (κ3) is 2.64. The van der Waals surface area contributed by atoms with Crippen LogP contribution in [0.5, 0.6) is 11.5 Å². The molecule has 0 bridgehead atoms. The quantitative estimate of drug-likeness (QED) is 0.928. The molecule has 0 saturated carbocycles. The molecule has 0 amide bonds. The van der Waals surface area contributed by atoms with Crippen molar-refractivity contribution in [3.8, 4) is 11.5 Å². The van der Waals surface area contributed by atoms with Crippen LogP contribution in [0.2, 0.25) is 0 Å². The Labute approximate surface area is 118 Å². The van der Waals surface area contributed by atoms with E-state index in [9.17, 15) is 0 Å². The van der Waals surface area contributed by atoms with Gasteiger partial charge in [0, 0.05) is 37.2 Å². The predicted molar refractivity (Wildman–Crippen MR) is 81.5 cm³/mol. The lowest BCUT2D eigenvalue weighted by Crippen LogP contribution is -2.15. The SMILES string of the molecule is CN(C)c1cccc(Nc2ccc3c(c2)OCCO3)c1. The van der Waals surface area contributed by atoms with E-state index >= 15 is 0 Å². The third-order valence-electron chi connectivity index (χ3n) is 3.19. The number of anilines is 3. The molecule has 104 valence electrons. The second-order valence-corrected chi connectivity index (χ2v) is 4.93. The van der Waals surface area contributed by atoms with Gasteiger partial charge in [-0.2, -0.15) is 0 Å². The minimum Gasteiger partial charge on any atom is -0.486 e. The molecule has 0 saturated heterocycles. The van der Waals surface area contributed by atoms with Gasteiger partial charge >= 0.3 is 0 Å². The van der Waals surface area contributed by atoms with Crippen LogP contribution < -0.4 is 19.7 Å². The van der Waals surface area contributed by atoms with E-state index in [1.165, 1.54) is 0 Å². The summed E-state index contributed by atoms with van der Waals surface area (Å²) in [7, 11) is 4.06. The van der Waals surface area contributed by atoms with Crippen molar-refractivity contribution in [1.82, 2.24) is 0 Å². The predicted octanol–water partition coefficient (Wildman–Crippen LogP) is 3.27. The van der Waals surface area contributed by atoms with Gasteiger partial charge in [-0.3, -0.25) is 0 Å². The highest BCUT2D eigenvalue weighted by Crippen LogP contribution is 2.33. The number of rotatable bonds is 3. The molecule has 4 heteroatoms. The van der Waals surface area contributed by atoms with Crippen molar-refractivity contribution in [2.24, 2.45) is 0 Å². The van der Waals surface area contributed by atoms with Crippen molar-refractivity contribution in [2.75, 3.05) is 37.5 Å². The van der Waals surface area contributed by atoms with Gasteiger partial charge in [-0.15, -0.1) is 0 Å². The monoisotopic (exact) mass is 270 g/mol. The van der Waals surface area contributed by atoms with Gasteiger partial charge in [0.15, 0.2) is 11.5 Å². The molecular formula is C16H18N2O2. The van der Waals surface area contributed by atoms with Gasteiger partial charge in [-0.25, -0.2) is 0 Å². The van der Waals surface area contributed by atoms with Crippen LogP contribution in [0.4, 0.5) is 17.1 Å². The van der Waals surface area contributed by atoms with Crippen molar-refractivity contribution in [3.63, 3.8) is 0 Å². The molecule has 0 aliphatic carbocycles. The van der Waals surface area contributed by atoms with E-state index in [-0.39, 0.29) is 0 Å². The van der Waals surface area contributed by atoms with Crippen molar-refractivity contribution in [3.05, 3.63) is 42.5 Å². The second kappa shape index (κ2) is 5.33. The van der Waals surface area contributed by atoms with Crippen molar-refractivity contribution in [1.29, 1.82) is 0 Å². The highest BCUT2D eigenvalue weighted by molar-refractivity contribution is 5.67. The van der Waals surface area contributed by atoms with E-state index in [0.29, 0.717) is 13.2 Å². The molecule has 3 rings (SSSR count). The molecule has 0 aromatic heterocycles. The van der Waals surface area contributed by atoms with Gasteiger partial charge in [-0.1, -0.05) is 6.07 Å². The van der Waals surface area contributed by atoms with Crippen LogP contribution in [0, 0.1) is 0 Å². The van der Waals surface area contributed by atoms with Gasteiger partial charge in [0.05, 0.1) is 0 Å². The Balaban J connectivity index is 1.82. The molecule has 0 spiro atoms. The number of benzene rings is 2. The van der Waals surface area contributed by atoms with Crippen LogP contribution in [0.15, 0.2) is 42.5 Å². The molecule has 0 atom stereocenters. The summed E-state index contributed by atoms with van der Waals surface area (Å²) in [6.07, 6.45) is 0. The average Bonchev–Trinajstić information content (AvgIpc) is 2.47. The lowest BCUT2D eigenvalue weighted by atomic mass is 10.2. The standard InChI is InChI=1S/C16H18N2O2/c1-18(2)14-5-3-4-12(10-14)17-13-6-7-15-16(11-13)20-9-8-19-15/h3-7,10-11,17H,8-9H2,1-2H3. The van der Waals surface area contributed by atoms with Gasteiger partial charge in [0.1, 0.15) is 13.2 Å². The first-order valence-electron chi connectivity index (χ1n) is 6.66. The van der Waals surface area contributed by atoms with Gasteiger partial charge < -0.3 is 19.7 Å². The Morgan fingerprint density at radius 1 is 0.900 bits per heavy atom. The fraction of sp³-hybridized carbons (Fsp3) is 0.250. The lowest BCUT2D eigenvalue weighted by Gasteiger charge is -2.19. The summed E-state index contributed by atoms with van der Waals surface area (Å²) >= 11 is 0. The topological polar surface area (TPSA) is 33.7 Å². The normalized spacial score (nSPS) is 12.9. The van der Waals surface area contributed by atoms with Crippen LogP contribution in [-0.4, -0.2) is 27.3 Å². The summed E-state index contributed by atoms with van der Waals surface area (Å²) in [5.74, 6) is 1.61. The maximum atomic E-state index is 5.59. The summed E-state index contributed by atoms with van der Waals surface area (Å²) in [4.78, 5) is 2.08. The van der Waals surface area contributed by atoms with E-state index in [1.54, 1.807) is 0 Å². The van der Waals surface area contributed by atoms with E-state index in [0.717, 1.165) is 28.6 Å². The van der Waals surface area contributed by atoms with Crippen molar-refractivity contribution >= 4 is 17.1 Å². The van der Waals surface area contributed by atoms with Crippen LogP contribution in [-0.2, 0) is 0 Å². The first kappa shape index (κ1) is 12.7. The average molecular weight is 270 g/mol. The van der Waals surface area contributed by atoms with Crippen LogP contribution in [0.25, 0.3) is 0 Å². The molecule has 2 aromatic carbocycles. The molecule has 1 N–H and O–H groups in total. The zero-order valence-electron chi connectivity index (χ0n) is 11.7. The molecule has 4 nitrogen and oxygen atoms in total. The van der Waals surface area contributed by atoms with Crippen LogP contribution in [0.1, 0.15) is 0 Å². The molecule has 1 heterocycles. The van der Waals surface area contributed by atoms with Crippen LogP contribution in [0.3, 0.4) is 0 Å². The Bertz CT molecular complexity index is 611. The number of nitrogens with zero attached hydrogens (tertiary/aromatic N) is 1. The van der Waals surface area contributed by atoms with Gasteiger partial charge in [0.2, 0.25) is 0 Å². The summed E-state index contributed by atoms with van der Waals surface area (Å²) in [6, 6.07) is 14.2. The Kier molecular flexibility index (Phi) is 3.37. The summed E-state index contributed by atoms with van der Waals surface area (Å²) < 4.78 is 11.1. The van der Waals surface area contributed by atoms with Crippen LogP contribution >= 0.6 is 0 Å². The highest BCUT2D eigenvalue weighted by Gasteiger charge is 2.11. The largest absolute Gasteiger partial charge is 0.486 e. The Morgan fingerprint density at radius 3 is 2.45 bits per heavy atom. The fourth-order valence-electron chi connectivity index (χ4n) is 2.15. The maximum absolute atomic E-state index is 5.59. The Hall–Kier alpha value is -2.36. The number of hydrogen-bond acceptors (Lipinski definition) is 4. The summed E-state index contributed by atoms with van der Waals surface area (Å²) in [5.41, 5.74) is 3.20. The summed E-state index contributed by atoms with van der Waals surface area (Å²) in [5, 5.41) is 3.39. The number of ether oxygens (including phenoxy) is 2. The molecular weight excluding hydrogens is 252 g/mol. The van der Waals surface area contributed by atoms with E-state index in [4.69, 9.17) is 9.47 Å². The maximum Gasteiger partial charge on any atom is 0.163 e. The molecule has 1 aliphatic rings. The minimum atomic E-state index is 0.604. The fourth-order valence-corrected chi connectivity index (χ4v) is 2.15. The lowest BCUT2D eigenvalue weighted by molar-refractivity contribution is 0.171. The van der Waals surface area contributed by atoms with E-state index < -0.39 is 0 Å². The molecule has 0 fully saturated rings. The molecule has 0 unspecified atom stereocenters. The van der Waals surface area contributed by atoms with Gasteiger partial charge in [0.25, 0.3) is 0 Å². The summed E-state index contributed by atoms with van der Waals surface area (Å²) in [6.45, 7) is 1.22. The molecule has 20 heavy (non-hydrogen) atoms. The van der Waals surface area contributed by atoms with E-state index in [2.05, 4.69) is 22.3 Å². The number of hydrogen-bond donors (Lipinski definition) is 1. The van der Waals surface area contributed by atoms with Crippen molar-refractivity contribution in [2.45, 2.75) is 0 Å². The molecule has 2 aromatic rings. The minimum absolute atomic E-state index is 0.604. The highest BCUT2D eigenvalue weighted by atomic mass is 16.6. The molecule has 0 radical (unpaired) electrons. The molecule has 1 aliphatic heterocycles. The Morgan fingerprint density at radius 2 is 1.65 bits per heavy atom.